The van der Waals surface area contributed by atoms with E-state index in [9.17, 15) is 0 Å². The molecule has 0 saturated carbocycles. The number of terminal acetylenes is 1. The Hall–Kier alpha value is -1.22. The summed E-state index contributed by atoms with van der Waals surface area (Å²) in [5, 5.41) is 0. The van der Waals surface area contributed by atoms with Crippen LogP contribution in [-0.4, -0.2) is 0 Å². The van der Waals surface area contributed by atoms with Crippen LogP contribution in [-0.2, 0) is 5.41 Å². The summed E-state index contributed by atoms with van der Waals surface area (Å²) < 4.78 is 0. The second-order valence-corrected chi connectivity index (χ2v) is 4.39. The molecule has 0 aliphatic carbocycles. The maximum Gasteiger partial charge on any atom is 0.0309 e. The van der Waals surface area contributed by atoms with Gasteiger partial charge in [0.05, 0.1) is 0 Å². The molecule has 0 atom stereocenters. The van der Waals surface area contributed by atoms with Crippen LogP contribution in [0.4, 0.5) is 0 Å². The van der Waals surface area contributed by atoms with Crippen molar-refractivity contribution >= 4 is 0 Å². The third kappa shape index (κ3) is 1.92. The van der Waals surface area contributed by atoms with Crippen LogP contribution < -0.4 is 0 Å². The zero-order chi connectivity index (χ0) is 10.1. The third-order valence-corrected chi connectivity index (χ3v) is 2.23. The molecule has 0 N–H and O–H groups in total. The van der Waals surface area contributed by atoms with Crippen LogP contribution in [0.2, 0.25) is 0 Å². The molecule has 0 heterocycles. The fraction of sp³-hybridized carbons (Fsp3) is 0.385. The molecule has 0 heteroatoms. The minimum Gasteiger partial charge on any atom is -0.115 e. The molecule has 0 spiro atoms. The van der Waals surface area contributed by atoms with Gasteiger partial charge in [-0.15, -0.1) is 6.42 Å². The highest BCUT2D eigenvalue weighted by molar-refractivity contribution is 5.48. The molecule has 0 aromatic heterocycles. The molecular formula is C13H16. The number of hydrogen-bond donors (Lipinski definition) is 0. The van der Waals surface area contributed by atoms with Gasteiger partial charge in [0.1, 0.15) is 0 Å². The summed E-state index contributed by atoms with van der Waals surface area (Å²) in [6, 6.07) is 6.24. The fourth-order valence-electron chi connectivity index (χ4n) is 1.48. The molecule has 0 nitrogen and oxygen atoms in total. The second kappa shape index (κ2) is 3.26. The van der Waals surface area contributed by atoms with Crippen molar-refractivity contribution in [3.05, 3.63) is 34.9 Å². The lowest BCUT2D eigenvalue weighted by Crippen LogP contribution is -2.13. The highest BCUT2D eigenvalue weighted by Gasteiger charge is 2.17. The fourth-order valence-corrected chi connectivity index (χ4v) is 1.48. The topological polar surface area (TPSA) is 0 Å². The van der Waals surface area contributed by atoms with Gasteiger partial charge in [-0.1, -0.05) is 44.9 Å². The highest BCUT2D eigenvalue weighted by atomic mass is 14.2. The van der Waals surface area contributed by atoms with Gasteiger partial charge in [-0.25, -0.2) is 0 Å². The van der Waals surface area contributed by atoms with E-state index >= 15 is 0 Å². The molecule has 1 aromatic rings. The van der Waals surface area contributed by atoms with E-state index < -0.39 is 0 Å². The summed E-state index contributed by atoms with van der Waals surface area (Å²) in [6.07, 6.45) is 5.50. The molecular weight excluding hydrogens is 156 g/mol. The summed E-state index contributed by atoms with van der Waals surface area (Å²) in [6.45, 7) is 8.61. The van der Waals surface area contributed by atoms with Gasteiger partial charge in [0.2, 0.25) is 0 Å². The Kier molecular flexibility index (Phi) is 2.48. The van der Waals surface area contributed by atoms with Crippen LogP contribution in [0.15, 0.2) is 18.2 Å². The molecule has 0 bridgehead atoms. The summed E-state index contributed by atoms with van der Waals surface area (Å²) in [5.74, 6) is 2.77. The van der Waals surface area contributed by atoms with E-state index in [0.717, 1.165) is 5.56 Å². The Bertz CT molecular complexity index is 345. The predicted molar refractivity (Wildman–Crippen MR) is 57.8 cm³/mol. The zero-order valence-electron chi connectivity index (χ0n) is 8.81. The maximum absolute atomic E-state index is 5.50. The molecule has 0 saturated heterocycles. The molecule has 0 aliphatic rings. The van der Waals surface area contributed by atoms with Gasteiger partial charge in [0, 0.05) is 5.56 Å². The first-order valence-electron chi connectivity index (χ1n) is 4.53. The van der Waals surface area contributed by atoms with Crippen molar-refractivity contribution in [2.24, 2.45) is 0 Å². The number of aryl methyl sites for hydroxylation is 1. The lowest BCUT2D eigenvalue weighted by atomic mass is 9.82. The van der Waals surface area contributed by atoms with Crippen LogP contribution in [0, 0.1) is 19.3 Å². The minimum absolute atomic E-state index is 0.133. The largest absolute Gasteiger partial charge is 0.115 e. The predicted octanol–water partition coefficient (Wildman–Crippen LogP) is 3.27. The standard InChI is InChI=1S/C13H16/c1-6-11-10(2)8-7-9-12(11)13(3,4)5/h1,7-9H,2-5H3. The third-order valence-electron chi connectivity index (χ3n) is 2.23. The maximum atomic E-state index is 5.50. The van der Waals surface area contributed by atoms with Crippen LogP contribution in [0.5, 0.6) is 0 Å². The summed E-state index contributed by atoms with van der Waals surface area (Å²) >= 11 is 0. The smallest absolute Gasteiger partial charge is 0.0309 e. The monoisotopic (exact) mass is 172 g/mol. The lowest BCUT2D eigenvalue weighted by Gasteiger charge is -2.21. The molecule has 0 unspecified atom stereocenters. The van der Waals surface area contributed by atoms with E-state index in [1.807, 2.05) is 0 Å². The molecule has 0 fully saturated rings. The molecule has 0 radical (unpaired) electrons. The van der Waals surface area contributed by atoms with Crippen LogP contribution in [0.3, 0.4) is 0 Å². The average molecular weight is 172 g/mol. The summed E-state index contributed by atoms with van der Waals surface area (Å²) in [7, 11) is 0. The van der Waals surface area contributed by atoms with Crippen molar-refractivity contribution in [1.29, 1.82) is 0 Å². The highest BCUT2D eigenvalue weighted by Crippen LogP contribution is 2.26. The number of rotatable bonds is 0. The molecule has 68 valence electrons. The van der Waals surface area contributed by atoms with Crippen LogP contribution in [0.25, 0.3) is 0 Å². The van der Waals surface area contributed by atoms with Gasteiger partial charge < -0.3 is 0 Å². The van der Waals surface area contributed by atoms with Crippen molar-refractivity contribution in [2.45, 2.75) is 33.1 Å². The summed E-state index contributed by atoms with van der Waals surface area (Å²) in [5.41, 5.74) is 3.63. The van der Waals surface area contributed by atoms with E-state index in [1.165, 1.54) is 11.1 Å². The van der Waals surface area contributed by atoms with Gasteiger partial charge in [-0.2, -0.15) is 0 Å². The first kappa shape index (κ1) is 9.86. The molecule has 1 rings (SSSR count). The molecule has 0 amide bonds. The van der Waals surface area contributed by atoms with Crippen molar-refractivity contribution in [2.75, 3.05) is 0 Å². The Morgan fingerprint density at radius 1 is 1.23 bits per heavy atom. The van der Waals surface area contributed by atoms with Crippen molar-refractivity contribution < 1.29 is 0 Å². The van der Waals surface area contributed by atoms with Crippen LogP contribution in [0.1, 0.15) is 37.5 Å². The summed E-state index contributed by atoms with van der Waals surface area (Å²) in [4.78, 5) is 0. The SMILES string of the molecule is C#Cc1c(C)cccc1C(C)(C)C. The molecule has 13 heavy (non-hydrogen) atoms. The van der Waals surface area contributed by atoms with E-state index in [-0.39, 0.29) is 5.41 Å². The van der Waals surface area contributed by atoms with E-state index in [1.54, 1.807) is 0 Å². The normalized spacial score (nSPS) is 11.0. The first-order valence-corrected chi connectivity index (χ1v) is 4.53. The average Bonchev–Trinajstić information content (AvgIpc) is 2.02. The second-order valence-electron chi connectivity index (χ2n) is 4.39. The Morgan fingerprint density at radius 2 is 1.85 bits per heavy atom. The van der Waals surface area contributed by atoms with Gasteiger partial charge in [-0.3, -0.25) is 0 Å². The number of hydrogen-bond acceptors (Lipinski definition) is 0. The number of benzene rings is 1. The zero-order valence-corrected chi connectivity index (χ0v) is 8.81. The van der Waals surface area contributed by atoms with Crippen LogP contribution >= 0.6 is 0 Å². The van der Waals surface area contributed by atoms with Gasteiger partial charge in [-0.05, 0) is 23.5 Å². The lowest BCUT2D eigenvalue weighted by molar-refractivity contribution is 0.588. The van der Waals surface area contributed by atoms with E-state index in [2.05, 4.69) is 51.8 Å². The molecule has 1 aromatic carbocycles. The van der Waals surface area contributed by atoms with Gasteiger partial charge in [0.15, 0.2) is 0 Å². The Morgan fingerprint density at radius 3 is 2.23 bits per heavy atom. The quantitative estimate of drug-likeness (QED) is 0.527. The van der Waals surface area contributed by atoms with E-state index in [4.69, 9.17) is 6.42 Å². The first-order chi connectivity index (χ1) is 5.96. The van der Waals surface area contributed by atoms with Crippen molar-refractivity contribution in [3.63, 3.8) is 0 Å². The van der Waals surface area contributed by atoms with Crippen molar-refractivity contribution in [3.8, 4) is 12.3 Å². The van der Waals surface area contributed by atoms with E-state index in [0.29, 0.717) is 0 Å². The van der Waals surface area contributed by atoms with Crippen molar-refractivity contribution in [1.82, 2.24) is 0 Å². The Balaban J connectivity index is 3.40. The van der Waals surface area contributed by atoms with Gasteiger partial charge >= 0.3 is 0 Å². The minimum atomic E-state index is 0.133. The van der Waals surface area contributed by atoms with Gasteiger partial charge in [0.25, 0.3) is 0 Å². The Labute approximate surface area is 81.0 Å². The molecule has 0 aliphatic heterocycles.